The minimum Gasteiger partial charge on any atom is -0.477 e. The number of aromatic carboxylic acids is 1. The predicted molar refractivity (Wildman–Crippen MR) is 80.5 cm³/mol. The molecule has 112 valence electrons. The molecule has 0 atom stereocenters. The average molecular weight is 297 g/mol. The lowest BCUT2D eigenvalue weighted by molar-refractivity contribution is 0.0699. The van der Waals surface area contributed by atoms with E-state index < -0.39 is 5.97 Å². The first-order valence-electron chi connectivity index (χ1n) is 6.92. The van der Waals surface area contributed by atoms with Gasteiger partial charge in [-0.3, -0.25) is 4.90 Å². The summed E-state index contributed by atoms with van der Waals surface area (Å²) in [6, 6.07) is 0. The van der Waals surface area contributed by atoms with Gasteiger partial charge < -0.3 is 10.0 Å². The molecule has 0 amide bonds. The standard InChI is InChI=1S/C14H23N3O2S/c1-14(2,3)12-11(13(18)19)20-10(15-12)9-17-7-5-16(4)6-8-17/h5-9H2,1-4H3,(H,18,19). The lowest BCUT2D eigenvalue weighted by atomic mass is 9.91. The van der Waals surface area contributed by atoms with Gasteiger partial charge >= 0.3 is 5.97 Å². The number of thiazole rings is 1. The lowest BCUT2D eigenvalue weighted by Gasteiger charge is -2.31. The van der Waals surface area contributed by atoms with Gasteiger partial charge in [-0.05, 0) is 7.05 Å². The van der Waals surface area contributed by atoms with Crippen LogP contribution in [0.5, 0.6) is 0 Å². The number of carboxylic acid groups (broad SMARTS) is 1. The minimum atomic E-state index is -0.864. The van der Waals surface area contributed by atoms with E-state index in [9.17, 15) is 9.90 Å². The van der Waals surface area contributed by atoms with Crippen LogP contribution >= 0.6 is 11.3 Å². The highest BCUT2D eigenvalue weighted by atomic mass is 32.1. The molecule has 0 spiro atoms. The average Bonchev–Trinajstić information content (AvgIpc) is 2.76. The van der Waals surface area contributed by atoms with Gasteiger partial charge in [0.2, 0.25) is 0 Å². The van der Waals surface area contributed by atoms with E-state index in [2.05, 4.69) is 21.8 Å². The maximum absolute atomic E-state index is 11.4. The molecule has 20 heavy (non-hydrogen) atoms. The van der Waals surface area contributed by atoms with Gasteiger partial charge in [0.1, 0.15) is 9.88 Å². The van der Waals surface area contributed by atoms with Crippen LogP contribution in [0.1, 0.15) is 41.1 Å². The zero-order chi connectivity index (χ0) is 14.9. The normalized spacial score (nSPS) is 18.4. The minimum absolute atomic E-state index is 0.232. The summed E-state index contributed by atoms with van der Waals surface area (Å²) in [5.74, 6) is -0.864. The molecule has 1 aromatic heterocycles. The van der Waals surface area contributed by atoms with Gasteiger partial charge in [0, 0.05) is 31.6 Å². The third-order valence-corrected chi connectivity index (χ3v) is 4.56. The summed E-state index contributed by atoms with van der Waals surface area (Å²) < 4.78 is 0. The zero-order valence-electron chi connectivity index (χ0n) is 12.6. The van der Waals surface area contributed by atoms with Crippen LogP contribution in [0, 0.1) is 0 Å². The Balaban J connectivity index is 2.15. The van der Waals surface area contributed by atoms with E-state index in [-0.39, 0.29) is 5.41 Å². The van der Waals surface area contributed by atoms with Crippen molar-refractivity contribution in [1.82, 2.24) is 14.8 Å². The summed E-state index contributed by atoms with van der Waals surface area (Å²) >= 11 is 1.32. The molecule has 6 heteroatoms. The van der Waals surface area contributed by atoms with E-state index in [4.69, 9.17) is 0 Å². The quantitative estimate of drug-likeness (QED) is 0.923. The predicted octanol–water partition coefficient (Wildman–Crippen LogP) is 1.89. The molecule has 0 bridgehead atoms. The number of rotatable bonds is 3. The van der Waals surface area contributed by atoms with Crippen molar-refractivity contribution in [3.05, 3.63) is 15.6 Å². The molecule has 1 aliphatic heterocycles. The molecular weight excluding hydrogens is 274 g/mol. The SMILES string of the molecule is CN1CCN(Cc2nc(C(C)(C)C)c(C(=O)O)s2)CC1. The first-order valence-corrected chi connectivity index (χ1v) is 7.73. The molecule has 1 aromatic rings. The molecule has 1 N–H and O–H groups in total. The smallest absolute Gasteiger partial charge is 0.347 e. The van der Waals surface area contributed by atoms with Crippen molar-refractivity contribution in [2.24, 2.45) is 0 Å². The topological polar surface area (TPSA) is 56.7 Å². The number of likely N-dealkylation sites (N-methyl/N-ethyl adjacent to an activating group) is 1. The van der Waals surface area contributed by atoms with E-state index >= 15 is 0 Å². The summed E-state index contributed by atoms with van der Waals surface area (Å²) in [6.07, 6.45) is 0. The number of carbonyl (C=O) groups is 1. The van der Waals surface area contributed by atoms with Crippen LogP contribution in [-0.2, 0) is 12.0 Å². The number of nitrogens with zero attached hydrogens (tertiary/aromatic N) is 3. The first-order chi connectivity index (χ1) is 9.27. The second-order valence-corrected chi connectivity index (χ2v) is 7.50. The molecular formula is C14H23N3O2S. The summed E-state index contributed by atoms with van der Waals surface area (Å²) in [6.45, 7) is 10.9. The Morgan fingerprint density at radius 3 is 2.35 bits per heavy atom. The number of aromatic nitrogens is 1. The summed E-state index contributed by atoms with van der Waals surface area (Å²) in [4.78, 5) is 21.0. The Labute approximate surface area is 124 Å². The number of hydrogen-bond acceptors (Lipinski definition) is 5. The highest BCUT2D eigenvalue weighted by molar-refractivity contribution is 7.13. The van der Waals surface area contributed by atoms with Crippen molar-refractivity contribution >= 4 is 17.3 Å². The Kier molecular flexibility index (Phi) is 4.46. The van der Waals surface area contributed by atoms with E-state index in [0.29, 0.717) is 10.6 Å². The van der Waals surface area contributed by atoms with Crippen molar-refractivity contribution < 1.29 is 9.90 Å². The van der Waals surface area contributed by atoms with Crippen LogP contribution in [0.4, 0.5) is 0 Å². The van der Waals surface area contributed by atoms with E-state index in [1.807, 2.05) is 20.8 Å². The monoisotopic (exact) mass is 297 g/mol. The zero-order valence-corrected chi connectivity index (χ0v) is 13.5. The van der Waals surface area contributed by atoms with E-state index in [0.717, 1.165) is 37.7 Å². The fourth-order valence-electron chi connectivity index (χ4n) is 2.28. The van der Waals surface area contributed by atoms with Gasteiger partial charge in [0.25, 0.3) is 0 Å². The molecule has 0 unspecified atom stereocenters. The van der Waals surface area contributed by atoms with Gasteiger partial charge in [-0.25, -0.2) is 9.78 Å². The summed E-state index contributed by atoms with van der Waals surface area (Å²) in [5.41, 5.74) is 0.476. The maximum Gasteiger partial charge on any atom is 0.347 e. The third kappa shape index (κ3) is 3.56. The van der Waals surface area contributed by atoms with Crippen LogP contribution in [0.25, 0.3) is 0 Å². The molecule has 2 rings (SSSR count). The van der Waals surface area contributed by atoms with Crippen molar-refractivity contribution in [1.29, 1.82) is 0 Å². The van der Waals surface area contributed by atoms with Gasteiger partial charge in [-0.15, -0.1) is 11.3 Å². The Bertz CT molecular complexity index is 485. The molecule has 1 saturated heterocycles. The van der Waals surface area contributed by atoms with Gasteiger partial charge in [0.15, 0.2) is 0 Å². The first kappa shape index (κ1) is 15.4. The van der Waals surface area contributed by atoms with Crippen molar-refractivity contribution in [2.75, 3.05) is 33.2 Å². The second-order valence-electron chi connectivity index (χ2n) is 6.42. The Morgan fingerprint density at radius 2 is 1.90 bits per heavy atom. The maximum atomic E-state index is 11.4. The Morgan fingerprint density at radius 1 is 1.30 bits per heavy atom. The fraction of sp³-hybridized carbons (Fsp3) is 0.714. The lowest BCUT2D eigenvalue weighted by Crippen LogP contribution is -2.43. The third-order valence-electron chi connectivity index (χ3n) is 3.53. The van der Waals surface area contributed by atoms with Crippen LogP contribution < -0.4 is 0 Å². The summed E-state index contributed by atoms with van der Waals surface area (Å²) in [7, 11) is 2.13. The molecule has 1 fully saturated rings. The summed E-state index contributed by atoms with van der Waals surface area (Å²) in [5, 5.41) is 10.2. The highest BCUT2D eigenvalue weighted by Gasteiger charge is 2.27. The van der Waals surface area contributed by atoms with Crippen LogP contribution in [-0.4, -0.2) is 59.1 Å². The molecule has 0 aromatic carbocycles. The number of piperazine rings is 1. The number of hydrogen-bond donors (Lipinski definition) is 1. The second kappa shape index (κ2) is 5.79. The van der Waals surface area contributed by atoms with Crippen LogP contribution in [0.3, 0.4) is 0 Å². The van der Waals surface area contributed by atoms with Gasteiger partial charge in [0.05, 0.1) is 12.2 Å². The molecule has 0 aliphatic carbocycles. The highest BCUT2D eigenvalue weighted by Crippen LogP contribution is 2.30. The van der Waals surface area contributed by atoms with Gasteiger partial charge in [-0.1, -0.05) is 20.8 Å². The van der Waals surface area contributed by atoms with E-state index in [1.54, 1.807) is 0 Å². The molecule has 1 aliphatic rings. The molecule has 2 heterocycles. The van der Waals surface area contributed by atoms with Gasteiger partial charge in [-0.2, -0.15) is 0 Å². The fourth-order valence-corrected chi connectivity index (χ4v) is 3.44. The van der Waals surface area contributed by atoms with Crippen LogP contribution in [0.2, 0.25) is 0 Å². The molecule has 0 radical (unpaired) electrons. The molecule has 5 nitrogen and oxygen atoms in total. The van der Waals surface area contributed by atoms with Crippen molar-refractivity contribution in [3.63, 3.8) is 0 Å². The number of carboxylic acids is 1. The van der Waals surface area contributed by atoms with Crippen molar-refractivity contribution in [3.8, 4) is 0 Å². The van der Waals surface area contributed by atoms with Crippen LogP contribution in [0.15, 0.2) is 0 Å². The Hall–Kier alpha value is -0.980. The van der Waals surface area contributed by atoms with E-state index in [1.165, 1.54) is 11.3 Å². The van der Waals surface area contributed by atoms with Crippen molar-refractivity contribution in [2.45, 2.75) is 32.7 Å². The molecule has 0 saturated carbocycles. The largest absolute Gasteiger partial charge is 0.477 e.